The van der Waals surface area contributed by atoms with Crippen LogP contribution in [0.3, 0.4) is 0 Å². The number of halogens is 1. The molecule has 0 fully saturated rings. The maximum atomic E-state index is 12.8. The van der Waals surface area contributed by atoms with Crippen molar-refractivity contribution in [1.29, 1.82) is 0 Å². The van der Waals surface area contributed by atoms with Crippen LogP contribution in [-0.4, -0.2) is 24.7 Å². The van der Waals surface area contributed by atoms with E-state index in [0.29, 0.717) is 28.8 Å². The van der Waals surface area contributed by atoms with Crippen LogP contribution in [0.1, 0.15) is 11.1 Å². The molecule has 0 aliphatic heterocycles. The summed E-state index contributed by atoms with van der Waals surface area (Å²) in [5.41, 5.74) is 3.81. The normalized spacial score (nSPS) is 10.8. The number of hydrogen-bond acceptors (Lipinski definition) is 3. The third-order valence-corrected chi connectivity index (χ3v) is 5.37. The number of carbonyl (C=O) groups excluding carboxylic acids is 1. The van der Waals surface area contributed by atoms with Crippen molar-refractivity contribution in [2.45, 2.75) is 13.0 Å². The molecule has 0 unspecified atom stereocenters. The van der Waals surface area contributed by atoms with Gasteiger partial charge in [0.15, 0.2) is 11.5 Å². The van der Waals surface area contributed by atoms with E-state index >= 15 is 0 Å². The highest BCUT2D eigenvalue weighted by Crippen LogP contribution is 2.30. The van der Waals surface area contributed by atoms with Gasteiger partial charge in [0.25, 0.3) is 0 Å². The van der Waals surface area contributed by atoms with Crippen molar-refractivity contribution >= 4 is 34.1 Å². The van der Waals surface area contributed by atoms with E-state index in [1.54, 1.807) is 32.4 Å². The van der Waals surface area contributed by atoms with E-state index in [4.69, 9.17) is 21.1 Å². The number of aromatic nitrogens is 1. The van der Waals surface area contributed by atoms with Gasteiger partial charge in [0.2, 0.25) is 5.91 Å². The molecule has 1 aromatic heterocycles. The fourth-order valence-corrected chi connectivity index (χ4v) is 3.93. The summed E-state index contributed by atoms with van der Waals surface area (Å²) in [5, 5.41) is 4.72. The molecule has 0 aliphatic rings. The highest BCUT2D eigenvalue weighted by molar-refractivity contribution is 6.30. The number of anilines is 1. The molecule has 5 nitrogen and oxygen atoms in total. The van der Waals surface area contributed by atoms with E-state index in [1.165, 1.54) is 0 Å². The second kappa shape index (κ2) is 9.14. The summed E-state index contributed by atoms with van der Waals surface area (Å²) in [5.74, 6) is 1.08. The van der Waals surface area contributed by atoms with Crippen molar-refractivity contribution in [3.63, 3.8) is 0 Å². The minimum Gasteiger partial charge on any atom is -0.493 e. The Balaban J connectivity index is 1.56. The van der Waals surface area contributed by atoms with Crippen LogP contribution in [0, 0.1) is 0 Å². The lowest BCUT2D eigenvalue weighted by Gasteiger charge is -2.10. The second-order valence-corrected chi connectivity index (χ2v) is 7.66. The van der Waals surface area contributed by atoms with Gasteiger partial charge in [-0.3, -0.25) is 4.79 Å². The standard InChI is InChI=1S/C25H23ClN2O3/c1-30-23-11-10-20(14-24(23)31-2)27-25(29)13-18-16-28(22-9-4-3-8-21(18)22)15-17-6-5-7-19(26)12-17/h3-12,14,16H,13,15H2,1-2H3,(H,27,29). The van der Waals surface area contributed by atoms with Crippen LogP contribution in [0.15, 0.2) is 72.9 Å². The average molecular weight is 435 g/mol. The van der Waals surface area contributed by atoms with E-state index in [0.717, 1.165) is 22.0 Å². The van der Waals surface area contributed by atoms with Gasteiger partial charge in [0.1, 0.15) is 0 Å². The number of hydrogen-bond donors (Lipinski definition) is 1. The molecule has 1 heterocycles. The van der Waals surface area contributed by atoms with Crippen LogP contribution in [0.4, 0.5) is 5.69 Å². The number of nitrogens with one attached hydrogen (secondary N) is 1. The van der Waals surface area contributed by atoms with Crippen molar-refractivity contribution in [2.75, 3.05) is 19.5 Å². The zero-order valence-electron chi connectivity index (χ0n) is 17.4. The van der Waals surface area contributed by atoms with E-state index in [-0.39, 0.29) is 12.3 Å². The Morgan fingerprint density at radius 2 is 1.77 bits per heavy atom. The number of carbonyl (C=O) groups is 1. The summed E-state index contributed by atoms with van der Waals surface area (Å²) in [6.07, 6.45) is 2.30. The summed E-state index contributed by atoms with van der Waals surface area (Å²) in [7, 11) is 3.15. The van der Waals surface area contributed by atoms with Crippen molar-refractivity contribution in [1.82, 2.24) is 4.57 Å². The Bertz CT molecular complexity index is 1230. The Hall–Kier alpha value is -3.44. The number of ether oxygens (including phenoxy) is 2. The molecule has 0 spiro atoms. The molecule has 0 bridgehead atoms. The van der Waals surface area contributed by atoms with Crippen LogP contribution < -0.4 is 14.8 Å². The summed E-state index contributed by atoms with van der Waals surface area (Å²) in [6, 6.07) is 21.2. The smallest absolute Gasteiger partial charge is 0.228 e. The van der Waals surface area contributed by atoms with Gasteiger partial charge in [-0.15, -0.1) is 0 Å². The summed E-state index contributed by atoms with van der Waals surface area (Å²) in [6.45, 7) is 0.679. The van der Waals surface area contributed by atoms with Crippen molar-refractivity contribution < 1.29 is 14.3 Å². The van der Waals surface area contributed by atoms with E-state index < -0.39 is 0 Å². The molecule has 4 rings (SSSR count). The quantitative estimate of drug-likeness (QED) is 0.415. The van der Waals surface area contributed by atoms with Gasteiger partial charge >= 0.3 is 0 Å². The van der Waals surface area contributed by atoms with Crippen LogP contribution in [0.25, 0.3) is 10.9 Å². The van der Waals surface area contributed by atoms with Crippen LogP contribution in [0.2, 0.25) is 5.02 Å². The number of para-hydroxylation sites is 1. The number of rotatable bonds is 7. The topological polar surface area (TPSA) is 52.5 Å². The molecule has 0 saturated carbocycles. The van der Waals surface area contributed by atoms with Crippen LogP contribution in [0.5, 0.6) is 11.5 Å². The monoisotopic (exact) mass is 434 g/mol. The summed E-state index contributed by atoms with van der Waals surface area (Å²) >= 11 is 6.14. The number of methoxy groups -OCH3 is 2. The fraction of sp³-hybridized carbons (Fsp3) is 0.160. The second-order valence-electron chi connectivity index (χ2n) is 7.22. The molecule has 3 aromatic carbocycles. The van der Waals surface area contributed by atoms with E-state index in [2.05, 4.69) is 16.0 Å². The maximum absolute atomic E-state index is 12.8. The third-order valence-electron chi connectivity index (χ3n) is 5.13. The molecule has 31 heavy (non-hydrogen) atoms. The molecule has 1 amide bonds. The van der Waals surface area contributed by atoms with Gasteiger partial charge in [-0.2, -0.15) is 0 Å². The Morgan fingerprint density at radius 3 is 2.55 bits per heavy atom. The first-order valence-corrected chi connectivity index (χ1v) is 10.3. The number of nitrogens with zero attached hydrogens (tertiary/aromatic N) is 1. The average Bonchev–Trinajstić information content (AvgIpc) is 3.10. The van der Waals surface area contributed by atoms with Gasteiger partial charge in [-0.1, -0.05) is 41.9 Å². The highest BCUT2D eigenvalue weighted by atomic mass is 35.5. The highest BCUT2D eigenvalue weighted by Gasteiger charge is 2.13. The Morgan fingerprint density at radius 1 is 0.968 bits per heavy atom. The third kappa shape index (κ3) is 4.67. The first-order chi connectivity index (χ1) is 15.1. The number of fused-ring (bicyclic) bond motifs is 1. The lowest BCUT2D eigenvalue weighted by Crippen LogP contribution is -2.14. The largest absolute Gasteiger partial charge is 0.493 e. The SMILES string of the molecule is COc1ccc(NC(=O)Cc2cn(Cc3cccc(Cl)c3)c3ccccc23)cc1OC. The molecule has 1 N–H and O–H groups in total. The van der Waals surface area contributed by atoms with Gasteiger partial charge < -0.3 is 19.4 Å². The van der Waals surface area contributed by atoms with Gasteiger partial charge in [-0.05, 0) is 41.5 Å². The summed E-state index contributed by atoms with van der Waals surface area (Å²) in [4.78, 5) is 12.8. The van der Waals surface area contributed by atoms with Gasteiger partial charge in [-0.25, -0.2) is 0 Å². The molecule has 0 saturated heterocycles. The van der Waals surface area contributed by atoms with Crippen LogP contribution in [-0.2, 0) is 17.8 Å². The van der Waals surface area contributed by atoms with Crippen molar-refractivity contribution in [2.24, 2.45) is 0 Å². The molecular weight excluding hydrogens is 412 g/mol. The number of amides is 1. The zero-order valence-corrected chi connectivity index (χ0v) is 18.1. The predicted octanol–water partition coefficient (Wildman–Crippen LogP) is 5.54. The lowest BCUT2D eigenvalue weighted by molar-refractivity contribution is -0.115. The first kappa shape index (κ1) is 20.8. The molecular formula is C25H23ClN2O3. The fourth-order valence-electron chi connectivity index (χ4n) is 3.72. The summed E-state index contributed by atoms with van der Waals surface area (Å²) < 4.78 is 12.7. The predicted molar refractivity (Wildman–Crippen MR) is 124 cm³/mol. The zero-order chi connectivity index (χ0) is 21.8. The van der Waals surface area contributed by atoms with E-state index in [1.807, 2.05) is 48.7 Å². The van der Waals surface area contributed by atoms with Crippen LogP contribution >= 0.6 is 11.6 Å². The van der Waals surface area contributed by atoms with Crippen molar-refractivity contribution in [3.8, 4) is 11.5 Å². The lowest BCUT2D eigenvalue weighted by atomic mass is 10.1. The molecule has 158 valence electrons. The molecule has 0 atom stereocenters. The Kier molecular flexibility index (Phi) is 6.14. The van der Waals surface area contributed by atoms with Gasteiger partial charge in [0.05, 0.1) is 20.6 Å². The van der Waals surface area contributed by atoms with Crippen molar-refractivity contribution in [3.05, 3.63) is 89.1 Å². The van der Waals surface area contributed by atoms with Gasteiger partial charge in [0, 0.05) is 40.4 Å². The minimum atomic E-state index is -0.0992. The number of benzene rings is 3. The maximum Gasteiger partial charge on any atom is 0.228 e. The first-order valence-electron chi connectivity index (χ1n) is 9.90. The Labute approximate surface area is 186 Å². The molecule has 0 radical (unpaired) electrons. The van der Waals surface area contributed by atoms with E-state index in [9.17, 15) is 4.79 Å². The minimum absolute atomic E-state index is 0.0992. The molecule has 4 aromatic rings. The molecule has 0 aliphatic carbocycles. The molecule has 6 heteroatoms.